The maximum absolute atomic E-state index is 14.4. The molecule has 2 N–H and O–H groups in total. The summed E-state index contributed by atoms with van der Waals surface area (Å²) in [6, 6.07) is 9.56. The number of benzene rings is 2. The van der Waals surface area contributed by atoms with Crippen LogP contribution in [-0.2, 0) is 16.0 Å². The first kappa shape index (κ1) is 21.3. The molecule has 0 unspecified atom stereocenters. The summed E-state index contributed by atoms with van der Waals surface area (Å²) in [5.41, 5.74) is 1.73. The van der Waals surface area contributed by atoms with Crippen LogP contribution < -0.4 is 20.1 Å². The summed E-state index contributed by atoms with van der Waals surface area (Å²) in [6.45, 7) is 1.35. The topological polar surface area (TPSA) is 89.5 Å². The Morgan fingerprint density at radius 1 is 1.10 bits per heavy atom. The summed E-state index contributed by atoms with van der Waals surface area (Å²) in [6.07, 6.45) is 0.0852. The van der Waals surface area contributed by atoms with E-state index in [0.717, 1.165) is 0 Å². The average molecular weight is 429 g/mol. The highest BCUT2D eigenvalue weighted by molar-refractivity contribution is 7.14. The summed E-state index contributed by atoms with van der Waals surface area (Å²) in [4.78, 5) is 27.8. The molecule has 3 aromatic rings. The SMILES string of the molecule is COc1ccc(CC(=O)Nc2nc(-c3ccc(NC(C)=O)cc3F)cs2)c(OC)c1. The van der Waals surface area contributed by atoms with Gasteiger partial charge < -0.3 is 20.1 Å². The van der Waals surface area contributed by atoms with Gasteiger partial charge in [-0.05, 0) is 24.3 Å². The molecule has 1 heterocycles. The smallest absolute Gasteiger partial charge is 0.230 e. The third kappa shape index (κ3) is 5.12. The molecule has 3 rings (SSSR count). The predicted octanol–water partition coefficient (Wildman–Crippen LogP) is 4.11. The minimum atomic E-state index is -0.521. The van der Waals surface area contributed by atoms with Crippen LogP contribution in [0.4, 0.5) is 15.2 Å². The Morgan fingerprint density at radius 3 is 2.57 bits per heavy atom. The number of rotatable bonds is 7. The number of nitrogens with one attached hydrogen (secondary N) is 2. The highest BCUT2D eigenvalue weighted by Gasteiger charge is 2.14. The summed E-state index contributed by atoms with van der Waals surface area (Å²) in [5.74, 6) is 0.0975. The van der Waals surface area contributed by atoms with Gasteiger partial charge in [0, 0.05) is 35.2 Å². The van der Waals surface area contributed by atoms with Gasteiger partial charge in [0.25, 0.3) is 0 Å². The highest BCUT2D eigenvalue weighted by Crippen LogP contribution is 2.29. The minimum absolute atomic E-state index is 0.0852. The number of aromatic nitrogens is 1. The van der Waals surface area contributed by atoms with E-state index in [2.05, 4.69) is 15.6 Å². The van der Waals surface area contributed by atoms with Crippen molar-refractivity contribution < 1.29 is 23.5 Å². The molecule has 0 aliphatic heterocycles. The fraction of sp³-hybridized carbons (Fsp3) is 0.190. The summed E-state index contributed by atoms with van der Waals surface area (Å²) in [7, 11) is 3.08. The monoisotopic (exact) mass is 429 g/mol. The van der Waals surface area contributed by atoms with Gasteiger partial charge >= 0.3 is 0 Å². The lowest BCUT2D eigenvalue weighted by Gasteiger charge is -2.10. The van der Waals surface area contributed by atoms with E-state index in [1.165, 1.54) is 37.5 Å². The fourth-order valence-corrected chi connectivity index (χ4v) is 3.52. The first-order valence-electron chi connectivity index (χ1n) is 8.93. The van der Waals surface area contributed by atoms with Gasteiger partial charge in [0.15, 0.2) is 5.13 Å². The first-order valence-corrected chi connectivity index (χ1v) is 9.81. The molecule has 2 amide bonds. The number of hydrogen-bond donors (Lipinski definition) is 2. The number of anilines is 2. The van der Waals surface area contributed by atoms with E-state index >= 15 is 0 Å². The van der Waals surface area contributed by atoms with Crippen molar-refractivity contribution in [1.29, 1.82) is 0 Å². The molecule has 30 heavy (non-hydrogen) atoms. The molecule has 0 bridgehead atoms. The standard InChI is InChI=1S/C21H20FN3O4S/c1-12(26)23-14-5-7-16(17(22)9-14)18-11-30-21(24-18)25-20(27)8-13-4-6-15(28-2)10-19(13)29-3/h4-7,9-11H,8H2,1-3H3,(H,23,26)(H,24,25,27). The Balaban J connectivity index is 1.70. The van der Waals surface area contributed by atoms with E-state index in [9.17, 15) is 14.0 Å². The van der Waals surface area contributed by atoms with Crippen molar-refractivity contribution >= 4 is 34.0 Å². The number of carbonyl (C=O) groups excluding carboxylic acids is 2. The van der Waals surface area contributed by atoms with Gasteiger partial charge in [-0.2, -0.15) is 0 Å². The number of amides is 2. The summed E-state index contributed by atoms with van der Waals surface area (Å²) >= 11 is 1.19. The molecule has 156 valence electrons. The molecule has 9 heteroatoms. The molecule has 0 saturated carbocycles. The molecule has 0 saturated heterocycles. The molecule has 1 aromatic heterocycles. The van der Waals surface area contributed by atoms with E-state index in [4.69, 9.17) is 9.47 Å². The maximum atomic E-state index is 14.4. The molecule has 2 aromatic carbocycles. The Hall–Kier alpha value is -3.46. The van der Waals surface area contributed by atoms with E-state index < -0.39 is 5.82 Å². The normalized spacial score (nSPS) is 10.4. The van der Waals surface area contributed by atoms with E-state index in [1.807, 2.05) is 0 Å². The van der Waals surface area contributed by atoms with Gasteiger partial charge in [0.2, 0.25) is 11.8 Å². The highest BCUT2D eigenvalue weighted by atomic mass is 32.1. The largest absolute Gasteiger partial charge is 0.497 e. The van der Waals surface area contributed by atoms with Crippen molar-refractivity contribution in [3.8, 4) is 22.8 Å². The minimum Gasteiger partial charge on any atom is -0.497 e. The molecule has 0 atom stereocenters. The molecule has 0 aliphatic carbocycles. The second-order valence-corrected chi connectivity index (χ2v) is 7.17. The van der Waals surface area contributed by atoms with Crippen LogP contribution in [0, 0.1) is 5.82 Å². The Labute approximate surface area is 176 Å². The van der Waals surface area contributed by atoms with Crippen molar-refractivity contribution in [2.45, 2.75) is 13.3 Å². The van der Waals surface area contributed by atoms with Gasteiger partial charge in [-0.25, -0.2) is 9.37 Å². The number of nitrogens with zero attached hydrogens (tertiary/aromatic N) is 1. The van der Waals surface area contributed by atoms with Crippen LogP contribution in [0.25, 0.3) is 11.3 Å². The molecule has 7 nitrogen and oxygen atoms in total. The van der Waals surface area contributed by atoms with Gasteiger partial charge in [0.1, 0.15) is 17.3 Å². The lowest BCUT2D eigenvalue weighted by molar-refractivity contribution is -0.116. The molecule has 0 fully saturated rings. The number of halogens is 1. The predicted molar refractivity (Wildman–Crippen MR) is 114 cm³/mol. The molecular formula is C21H20FN3O4S. The van der Waals surface area contributed by atoms with Gasteiger partial charge in [0.05, 0.1) is 26.3 Å². The quantitative estimate of drug-likeness (QED) is 0.590. The average Bonchev–Trinajstić information content (AvgIpc) is 3.15. The molecule has 0 aliphatic rings. The number of methoxy groups -OCH3 is 2. The fourth-order valence-electron chi connectivity index (χ4n) is 2.79. The third-order valence-electron chi connectivity index (χ3n) is 4.16. The number of carbonyl (C=O) groups is 2. The zero-order valence-electron chi connectivity index (χ0n) is 16.6. The van der Waals surface area contributed by atoms with Crippen LogP contribution in [-0.4, -0.2) is 31.0 Å². The Kier molecular flexibility index (Phi) is 6.63. The van der Waals surface area contributed by atoms with Crippen LogP contribution in [0.3, 0.4) is 0 Å². The maximum Gasteiger partial charge on any atom is 0.230 e. The number of thiazole rings is 1. The molecule has 0 spiro atoms. The lowest BCUT2D eigenvalue weighted by Crippen LogP contribution is -2.14. The van der Waals surface area contributed by atoms with Crippen LogP contribution in [0.2, 0.25) is 0 Å². The van der Waals surface area contributed by atoms with Crippen molar-refractivity contribution in [2.75, 3.05) is 24.9 Å². The van der Waals surface area contributed by atoms with Gasteiger partial charge in [-0.1, -0.05) is 6.07 Å². The van der Waals surface area contributed by atoms with E-state index in [0.29, 0.717) is 33.6 Å². The van der Waals surface area contributed by atoms with Crippen LogP contribution in [0.1, 0.15) is 12.5 Å². The van der Waals surface area contributed by atoms with E-state index in [-0.39, 0.29) is 23.8 Å². The van der Waals surface area contributed by atoms with Crippen molar-refractivity contribution in [2.24, 2.45) is 0 Å². The first-order chi connectivity index (χ1) is 14.4. The Bertz CT molecular complexity index is 1080. The summed E-state index contributed by atoms with van der Waals surface area (Å²) < 4.78 is 24.9. The number of ether oxygens (including phenoxy) is 2. The zero-order chi connectivity index (χ0) is 21.7. The Morgan fingerprint density at radius 2 is 1.90 bits per heavy atom. The number of hydrogen-bond acceptors (Lipinski definition) is 6. The zero-order valence-corrected chi connectivity index (χ0v) is 17.4. The second kappa shape index (κ2) is 9.36. The van der Waals surface area contributed by atoms with Crippen LogP contribution in [0.5, 0.6) is 11.5 Å². The van der Waals surface area contributed by atoms with Gasteiger partial charge in [-0.15, -0.1) is 11.3 Å². The summed E-state index contributed by atoms with van der Waals surface area (Å²) in [5, 5.41) is 7.25. The van der Waals surface area contributed by atoms with Crippen LogP contribution >= 0.6 is 11.3 Å². The van der Waals surface area contributed by atoms with E-state index in [1.54, 1.807) is 36.8 Å². The van der Waals surface area contributed by atoms with Crippen molar-refractivity contribution in [3.05, 3.63) is 53.2 Å². The molecule has 0 radical (unpaired) electrons. The van der Waals surface area contributed by atoms with Crippen molar-refractivity contribution in [3.63, 3.8) is 0 Å². The van der Waals surface area contributed by atoms with Crippen molar-refractivity contribution in [1.82, 2.24) is 4.98 Å². The van der Waals surface area contributed by atoms with Gasteiger partial charge in [-0.3, -0.25) is 9.59 Å². The lowest BCUT2D eigenvalue weighted by atomic mass is 10.1. The second-order valence-electron chi connectivity index (χ2n) is 6.32. The molecular weight excluding hydrogens is 409 g/mol. The van der Waals surface area contributed by atoms with Crippen LogP contribution in [0.15, 0.2) is 41.8 Å². The third-order valence-corrected chi connectivity index (χ3v) is 4.92.